The zero-order valence-electron chi connectivity index (χ0n) is 15.4. The second-order valence-corrected chi connectivity index (χ2v) is 6.68. The molecule has 1 aliphatic rings. The Morgan fingerprint density at radius 2 is 1.68 bits per heavy atom. The summed E-state index contributed by atoms with van der Waals surface area (Å²) in [6, 6.07) is 17.9. The van der Waals surface area contributed by atoms with Crippen LogP contribution in [0.25, 0.3) is 0 Å². The Morgan fingerprint density at radius 1 is 0.857 bits per heavy atom. The molecular formula is C22H21N3O3. The lowest BCUT2D eigenvalue weighted by molar-refractivity contribution is 0.0993. The third kappa shape index (κ3) is 3.91. The van der Waals surface area contributed by atoms with Gasteiger partial charge in [-0.05, 0) is 55.3 Å². The van der Waals surface area contributed by atoms with Gasteiger partial charge in [0.25, 0.3) is 11.8 Å². The zero-order chi connectivity index (χ0) is 19.3. The summed E-state index contributed by atoms with van der Waals surface area (Å²) in [6.45, 7) is 2.00. The van der Waals surface area contributed by atoms with Crippen molar-refractivity contribution >= 4 is 28.9 Å². The second kappa shape index (κ2) is 8.00. The Balaban J connectivity index is 1.49. The smallest absolute Gasteiger partial charge is 0.291 e. The molecule has 6 nitrogen and oxygen atoms in total. The van der Waals surface area contributed by atoms with Crippen LogP contribution in [0.1, 0.15) is 33.8 Å². The van der Waals surface area contributed by atoms with Gasteiger partial charge in [-0.15, -0.1) is 0 Å². The third-order valence-corrected chi connectivity index (χ3v) is 4.73. The largest absolute Gasteiger partial charge is 0.459 e. The first kappa shape index (κ1) is 17.9. The topological polar surface area (TPSA) is 74.6 Å². The van der Waals surface area contributed by atoms with Gasteiger partial charge in [-0.25, -0.2) is 0 Å². The number of anilines is 3. The third-order valence-electron chi connectivity index (χ3n) is 4.73. The Morgan fingerprint density at radius 3 is 2.46 bits per heavy atom. The molecule has 2 N–H and O–H groups in total. The van der Waals surface area contributed by atoms with E-state index in [-0.39, 0.29) is 17.6 Å². The van der Waals surface area contributed by atoms with Gasteiger partial charge in [-0.3, -0.25) is 9.59 Å². The Hall–Kier alpha value is -3.54. The number of benzene rings is 2. The Bertz CT molecular complexity index is 976. The first-order chi connectivity index (χ1) is 13.7. The van der Waals surface area contributed by atoms with Crippen molar-refractivity contribution in [1.82, 2.24) is 0 Å². The molecule has 2 heterocycles. The lowest BCUT2D eigenvalue weighted by Crippen LogP contribution is -2.21. The SMILES string of the molecule is O=C(Nc1ccccc1N1CCCC1)c1cccc(NC(=O)c2ccco2)c1. The van der Waals surface area contributed by atoms with Gasteiger partial charge in [0.2, 0.25) is 0 Å². The van der Waals surface area contributed by atoms with Gasteiger partial charge in [-0.2, -0.15) is 0 Å². The van der Waals surface area contributed by atoms with Crippen LogP contribution >= 0.6 is 0 Å². The van der Waals surface area contributed by atoms with Crippen molar-refractivity contribution in [2.24, 2.45) is 0 Å². The average molecular weight is 375 g/mol. The summed E-state index contributed by atoms with van der Waals surface area (Å²) in [4.78, 5) is 27.2. The predicted octanol–water partition coefficient (Wildman–Crippen LogP) is 4.38. The van der Waals surface area contributed by atoms with E-state index in [0.29, 0.717) is 11.3 Å². The lowest BCUT2D eigenvalue weighted by atomic mass is 10.1. The first-order valence-corrected chi connectivity index (χ1v) is 9.31. The van der Waals surface area contributed by atoms with Crippen molar-refractivity contribution in [3.05, 3.63) is 78.3 Å². The number of rotatable bonds is 5. The van der Waals surface area contributed by atoms with Gasteiger partial charge in [0.1, 0.15) is 0 Å². The van der Waals surface area contributed by atoms with Crippen LogP contribution in [0.3, 0.4) is 0 Å². The highest BCUT2D eigenvalue weighted by Crippen LogP contribution is 2.29. The number of amides is 2. The molecule has 1 aliphatic heterocycles. The molecule has 0 bridgehead atoms. The van der Waals surface area contributed by atoms with Gasteiger partial charge in [0, 0.05) is 24.3 Å². The predicted molar refractivity (Wildman–Crippen MR) is 109 cm³/mol. The normalized spacial score (nSPS) is 13.4. The van der Waals surface area contributed by atoms with E-state index >= 15 is 0 Å². The molecule has 0 radical (unpaired) electrons. The zero-order valence-corrected chi connectivity index (χ0v) is 15.4. The van der Waals surface area contributed by atoms with E-state index in [2.05, 4.69) is 15.5 Å². The van der Waals surface area contributed by atoms with E-state index in [1.807, 2.05) is 24.3 Å². The molecule has 4 rings (SSSR count). The van der Waals surface area contributed by atoms with E-state index in [1.165, 1.54) is 19.1 Å². The summed E-state index contributed by atoms with van der Waals surface area (Å²) in [6.07, 6.45) is 3.77. The molecule has 2 amide bonds. The van der Waals surface area contributed by atoms with E-state index < -0.39 is 0 Å². The highest BCUT2D eigenvalue weighted by Gasteiger charge is 2.17. The summed E-state index contributed by atoms with van der Waals surface area (Å²) < 4.78 is 5.09. The molecule has 0 atom stereocenters. The minimum Gasteiger partial charge on any atom is -0.459 e. The molecule has 6 heteroatoms. The number of carbonyl (C=O) groups excluding carboxylic acids is 2. The molecule has 3 aromatic rings. The molecule has 2 aromatic carbocycles. The monoisotopic (exact) mass is 375 g/mol. The van der Waals surface area contributed by atoms with Crippen molar-refractivity contribution in [2.75, 3.05) is 28.6 Å². The van der Waals surface area contributed by atoms with Crippen LogP contribution in [0.4, 0.5) is 17.1 Å². The summed E-state index contributed by atoms with van der Waals surface area (Å²) in [5, 5.41) is 5.74. The Kier molecular flexibility index (Phi) is 5.10. The van der Waals surface area contributed by atoms with Gasteiger partial charge < -0.3 is 20.0 Å². The van der Waals surface area contributed by atoms with Crippen LogP contribution in [-0.2, 0) is 0 Å². The first-order valence-electron chi connectivity index (χ1n) is 9.31. The molecule has 0 unspecified atom stereocenters. The van der Waals surface area contributed by atoms with E-state index in [4.69, 9.17) is 4.42 Å². The number of hydrogen-bond acceptors (Lipinski definition) is 4. The molecular weight excluding hydrogens is 354 g/mol. The highest BCUT2D eigenvalue weighted by atomic mass is 16.3. The minimum atomic E-state index is -0.359. The molecule has 1 saturated heterocycles. The van der Waals surface area contributed by atoms with Gasteiger partial charge >= 0.3 is 0 Å². The summed E-state index contributed by atoms with van der Waals surface area (Å²) in [5.41, 5.74) is 2.82. The van der Waals surface area contributed by atoms with E-state index in [0.717, 1.165) is 24.5 Å². The van der Waals surface area contributed by atoms with Crippen LogP contribution < -0.4 is 15.5 Å². The number of carbonyl (C=O) groups is 2. The molecule has 1 fully saturated rings. The highest BCUT2D eigenvalue weighted by molar-refractivity contribution is 6.07. The van der Waals surface area contributed by atoms with Crippen LogP contribution in [0.15, 0.2) is 71.3 Å². The quantitative estimate of drug-likeness (QED) is 0.694. The van der Waals surface area contributed by atoms with Gasteiger partial charge in [0.15, 0.2) is 5.76 Å². The van der Waals surface area contributed by atoms with Crippen LogP contribution in [0.2, 0.25) is 0 Å². The average Bonchev–Trinajstić information content (AvgIpc) is 3.43. The van der Waals surface area contributed by atoms with Gasteiger partial charge in [-0.1, -0.05) is 18.2 Å². The fourth-order valence-corrected chi connectivity index (χ4v) is 3.35. The van der Waals surface area contributed by atoms with Gasteiger partial charge in [0.05, 0.1) is 17.6 Å². The molecule has 1 aromatic heterocycles. The van der Waals surface area contributed by atoms with E-state index in [9.17, 15) is 9.59 Å². The van der Waals surface area contributed by atoms with Crippen molar-refractivity contribution < 1.29 is 14.0 Å². The lowest BCUT2D eigenvalue weighted by Gasteiger charge is -2.21. The van der Waals surface area contributed by atoms with Crippen molar-refractivity contribution in [1.29, 1.82) is 0 Å². The van der Waals surface area contributed by atoms with Crippen LogP contribution in [0.5, 0.6) is 0 Å². The van der Waals surface area contributed by atoms with Crippen LogP contribution in [0, 0.1) is 0 Å². The standard InChI is InChI=1S/C22H21N3O3/c26-21(24-18-9-1-2-10-19(18)25-12-3-4-13-25)16-7-5-8-17(15-16)23-22(27)20-11-6-14-28-20/h1-2,5-11,14-15H,3-4,12-13H2,(H,23,27)(H,24,26). The van der Waals surface area contributed by atoms with E-state index in [1.54, 1.807) is 36.4 Å². The maximum Gasteiger partial charge on any atom is 0.291 e. The van der Waals surface area contributed by atoms with Crippen molar-refractivity contribution in [3.63, 3.8) is 0 Å². The molecule has 0 aliphatic carbocycles. The number of para-hydroxylation sites is 2. The maximum atomic E-state index is 12.8. The fraction of sp³-hybridized carbons (Fsp3) is 0.182. The van der Waals surface area contributed by atoms with Crippen LogP contribution in [-0.4, -0.2) is 24.9 Å². The fourth-order valence-electron chi connectivity index (χ4n) is 3.35. The number of nitrogens with one attached hydrogen (secondary N) is 2. The number of hydrogen-bond donors (Lipinski definition) is 2. The van der Waals surface area contributed by atoms with Crippen molar-refractivity contribution in [2.45, 2.75) is 12.8 Å². The Labute approximate surface area is 163 Å². The minimum absolute atomic E-state index is 0.217. The second-order valence-electron chi connectivity index (χ2n) is 6.68. The van der Waals surface area contributed by atoms with Crippen molar-refractivity contribution in [3.8, 4) is 0 Å². The molecule has 0 saturated carbocycles. The summed E-state index contributed by atoms with van der Waals surface area (Å²) >= 11 is 0. The number of furan rings is 1. The summed E-state index contributed by atoms with van der Waals surface area (Å²) in [7, 11) is 0. The maximum absolute atomic E-state index is 12.8. The molecule has 28 heavy (non-hydrogen) atoms. The molecule has 142 valence electrons. The number of nitrogens with zero attached hydrogens (tertiary/aromatic N) is 1. The molecule has 0 spiro atoms. The summed E-state index contributed by atoms with van der Waals surface area (Å²) in [5.74, 6) is -0.364.